The Bertz CT molecular complexity index is 756. The Kier molecular flexibility index (Phi) is 5.92. The largest absolute Gasteiger partial charge is 0.497 e. The van der Waals surface area contributed by atoms with Crippen LogP contribution in [0, 0.1) is 0 Å². The van der Waals surface area contributed by atoms with Gasteiger partial charge >= 0.3 is 0 Å². The van der Waals surface area contributed by atoms with Crippen LogP contribution in [0.3, 0.4) is 0 Å². The summed E-state index contributed by atoms with van der Waals surface area (Å²) in [5, 5.41) is 0.667. The molecule has 1 N–H and O–H groups in total. The summed E-state index contributed by atoms with van der Waals surface area (Å²) in [6.07, 6.45) is 0. The van der Waals surface area contributed by atoms with Gasteiger partial charge < -0.3 is 4.74 Å². The van der Waals surface area contributed by atoms with E-state index in [9.17, 15) is 8.42 Å². The van der Waals surface area contributed by atoms with Crippen molar-refractivity contribution < 1.29 is 13.2 Å². The zero-order chi connectivity index (χ0) is 17.0. The molecule has 2 aromatic rings. The highest BCUT2D eigenvalue weighted by molar-refractivity contribution is 7.88. The lowest BCUT2D eigenvalue weighted by Gasteiger charge is -2.16. The normalized spacial score (nSPS) is 12.9. The van der Waals surface area contributed by atoms with E-state index in [4.69, 9.17) is 27.9 Å². The first-order chi connectivity index (χ1) is 10.8. The number of sulfonamides is 1. The molecule has 0 aromatic heterocycles. The number of benzene rings is 2. The highest BCUT2D eigenvalue weighted by atomic mass is 35.5. The van der Waals surface area contributed by atoms with E-state index in [1.807, 2.05) is 12.1 Å². The van der Waals surface area contributed by atoms with E-state index in [1.54, 1.807) is 44.4 Å². The third-order valence-corrected chi connectivity index (χ3v) is 5.46. The van der Waals surface area contributed by atoms with Crippen molar-refractivity contribution in [3.8, 4) is 5.75 Å². The van der Waals surface area contributed by atoms with Gasteiger partial charge in [-0.1, -0.05) is 41.4 Å². The summed E-state index contributed by atoms with van der Waals surface area (Å²) in [6.45, 7) is 1.77. The topological polar surface area (TPSA) is 55.4 Å². The monoisotopic (exact) mass is 373 g/mol. The summed E-state index contributed by atoms with van der Waals surface area (Å²) in [7, 11) is -2.01. The summed E-state index contributed by atoms with van der Waals surface area (Å²) in [6, 6.07) is 11.7. The highest BCUT2D eigenvalue weighted by Gasteiger charge is 2.19. The van der Waals surface area contributed by atoms with E-state index >= 15 is 0 Å². The Morgan fingerprint density at radius 2 is 1.65 bits per heavy atom. The minimum absolute atomic E-state index is 0.272. The number of hydrogen-bond donors (Lipinski definition) is 1. The second-order valence-electron chi connectivity index (χ2n) is 5.07. The van der Waals surface area contributed by atoms with Gasteiger partial charge in [-0.25, -0.2) is 13.1 Å². The van der Waals surface area contributed by atoms with Gasteiger partial charge in [-0.2, -0.15) is 0 Å². The molecule has 0 aliphatic rings. The molecule has 0 bridgehead atoms. The Morgan fingerprint density at radius 1 is 1.09 bits per heavy atom. The molecule has 1 atom stereocenters. The maximum atomic E-state index is 12.4. The number of ether oxygens (including phenoxy) is 1. The maximum Gasteiger partial charge on any atom is 0.216 e. The van der Waals surface area contributed by atoms with Crippen LogP contribution in [0.15, 0.2) is 42.5 Å². The van der Waals surface area contributed by atoms with Gasteiger partial charge in [-0.3, -0.25) is 0 Å². The van der Waals surface area contributed by atoms with E-state index in [0.717, 1.165) is 5.56 Å². The predicted molar refractivity (Wildman–Crippen MR) is 93.6 cm³/mol. The molecule has 0 spiro atoms. The van der Waals surface area contributed by atoms with Crippen molar-refractivity contribution >= 4 is 33.2 Å². The first-order valence-electron chi connectivity index (χ1n) is 6.89. The Morgan fingerprint density at radius 3 is 2.17 bits per heavy atom. The molecule has 0 saturated carbocycles. The maximum absolute atomic E-state index is 12.4. The average molecular weight is 374 g/mol. The standard InChI is InChI=1S/C16H17Cl2NO3S/c1-11(12-6-8-13(22-2)9-7-12)19-23(20,21)10-14-15(17)4-3-5-16(14)18/h3-9,11,19H,10H2,1-2H3/t11-/m0/s1. The van der Waals surface area contributed by atoms with Crippen LogP contribution in [-0.4, -0.2) is 15.5 Å². The summed E-state index contributed by atoms with van der Waals surface area (Å²) in [4.78, 5) is 0. The first kappa shape index (κ1) is 18.1. The van der Waals surface area contributed by atoms with Crippen molar-refractivity contribution in [3.63, 3.8) is 0 Å². The minimum atomic E-state index is -3.59. The Hall–Kier alpha value is -1.27. The van der Waals surface area contributed by atoms with Crippen LogP contribution in [0.4, 0.5) is 0 Å². The van der Waals surface area contributed by atoms with Gasteiger partial charge in [0, 0.05) is 21.7 Å². The van der Waals surface area contributed by atoms with Crippen LogP contribution >= 0.6 is 23.2 Å². The molecule has 0 heterocycles. The van der Waals surface area contributed by atoms with Gasteiger partial charge in [-0.15, -0.1) is 0 Å². The molecule has 0 radical (unpaired) electrons. The van der Waals surface area contributed by atoms with Crippen LogP contribution in [-0.2, 0) is 15.8 Å². The quantitative estimate of drug-likeness (QED) is 0.825. The van der Waals surface area contributed by atoms with E-state index in [1.165, 1.54) is 0 Å². The molecule has 0 fully saturated rings. The second kappa shape index (κ2) is 7.53. The number of rotatable bonds is 6. The number of hydrogen-bond acceptors (Lipinski definition) is 3. The zero-order valence-corrected chi connectivity index (χ0v) is 15.0. The first-order valence-corrected chi connectivity index (χ1v) is 9.30. The van der Waals surface area contributed by atoms with Gasteiger partial charge in [0.25, 0.3) is 0 Å². The predicted octanol–water partition coefficient (Wildman–Crippen LogP) is 4.18. The lowest BCUT2D eigenvalue weighted by atomic mass is 10.1. The van der Waals surface area contributed by atoms with Crippen LogP contribution in [0.5, 0.6) is 5.75 Å². The van der Waals surface area contributed by atoms with E-state index in [0.29, 0.717) is 21.4 Å². The average Bonchev–Trinajstić information content (AvgIpc) is 2.51. The van der Waals surface area contributed by atoms with Crippen molar-refractivity contribution in [1.29, 1.82) is 0 Å². The van der Waals surface area contributed by atoms with Crippen LogP contribution < -0.4 is 9.46 Å². The molecular formula is C16H17Cl2NO3S. The van der Waals surface area contributed by atoms with E-state index < -0.39 is 10.0 Å². The lowest BCUT2D eigenvalue weighted by Crippen LogP contribution is -2.28. The summed E-state index contributed by atoms with van der Waals surface area (Å²) in [5.41, 5.74) is 1.23. The Labute approximate surface area is 146 Å². The van der Waals surface area contributed by atoms with Crippen molar-refractivity contribution in [2.24, 2.45) is 0 Å². The highest BCUT2D eigenvalue weighted by Crippen LogP contribution is 2.26. The Balaban J connectivity index is 2.13. The van der Waals surface area contributed by atoms with Gasteiger partial charge in [-0.05, 0) is 36.8 Å². The SMILES string of the molecule is COc1ccc([C@H](C)NS(=O)(=O)Cc2c(Cl)cccc2Cl)cc1. The number of nitrogens with one attached hydrogen (secondary N) is 1. The van der Waals surface area contributed by atoms with E-state index in [-0.39, 0.29) is 11.8 Å². The molecule has 7 heteroatoms. The summed E-state index contributed by atoms with van der Waals surface area (Å²) >= 11 is 12.1. The number of methoxy groups -OCH3 is 1. The van der Waals surface area contributed by atoms with E-state index in [2.05, 4.69) is 4.72 Å². The van der Waals surface area contributed by atoms with Gasteiger partial charge in [0.2, 0.25) is 10.0 Å². The third kappa shape index (κ3) is 4.85. The molecule has 0 saturated heterocycles. The fourth-order valence-electron chi connectivity index (χ4n) is 2.13. The molecule has 0 amide bonds. The van der Waals surface area contributed by atoms with Crippen molar-refractivity contribution in [2.75, 3.05) is 7.11 Å². The smallest absolute Gasteiger partial charge is 0.216 e. The van der Waals surface area contributed by atoms with Gasteiger partial charge in [0.15, 0.2) is 0 Å². The fraction of sp³-hybridized carbons (Fsp3) is 0.250. The molecule has 0 aliphatic heterocycles. The van der Waals surface area contributed by atoms with Crippen LogP contribution in [0.2, 0.25) is 10.0 Å². The van der Waals surface area contributed by atoms with Crippen molar-refractivity contribution in [1.82, 2.24) is 4.72 Å². The molecule has 2 aromatic carbocycles. The molecule has 0 unspecified atom stereocenters. The summed E-state index contributed by atoms with van der Waals surface area (Å²) < 4.78 is 32.4. The fourth-order valence-corrected chi connectivity index (χ4v) is 4.27. The molecular weight excluding hydrogens is 357 g/mol. The van der Waals surface area contributed by atoms with Crippen LogP contribution in [0.1, 0.15) is 24.1 Å². The minimum Gasteiger partial charge on any atom is -0.497 e. The molecule has 23 heavy (non-hydrogen) atoms. The summed E-state index contributed by atoms with van der Waals surface area (Å²) in [5.74, 6) is 0.443. The lowest BCUT2D eigenvalue weighted by molar-refractivity contribution is 0.414. The van der Waals surface area contributed by atoms with Crippen molar-refractivity contribution in [2.45, 2.75) is 18.7 Å². The molecule has 2 rings (SSSR count). The molecule has 124 valence electrons. The van der Waals surface area contributed by atoms with Gasteiger partial charge in [0.05, 0.1) is 12.9 Å². The third-order valence-electron chi connectivity index (χ3n) is 3.37. The van der Waals surface area contributed by atoms with Gasteiger partial charge in [0.1, 0.15) is 5.75 Å². The van der Waals surface area contributed by atoms with Crippen LogP contribution in [0.25, 0.3) is 0 Å². The number of halogens is 2. The van der Waals surface area contributed by atoms with Crippen molar-refractivity contribution in [3.05, 3.63) is 63.6 Å². The second-order valence-corrected chi connectivity index (χ2v) is 7.64. The molecule has 0 aliphatic carbocycles. The zero-order valence-electron chi connectivity index (χ0n) is 12.7. The molecule has 4 nitrogen and oxygen atoms in total.